The molecule has 4 heteroatoms. The van der Waals surface area contributed by atoms with Gasteiger partial charge in [-0.3, -0.25) is 0 Å². The Bertz CT molecular complexity index is 181. The Morgan fingerprint density at radius 3 is 2.25 bits per heavy atom. The summed E-state index contributed by atoms with van der Waals surface area (Å²) < 4.78 is 5.41. The van der Waals surface area contributed by atoms with E-state index in [-0.39, 0.29) is 6.10 Å². The lowest BCUT2D eigenvalue weighted by Crippen LogP contribution is -2.19. The van der Waals surface area contributed by atoms with E-state index >= 15 is 0 Å². The Morgan fingerprint density at radius 1 is 1.33 bits per heavy atom. The molecular formula is C8H17O2PS. The number of rotatable bonds is 2. The highest BCUT2D eigenvalue weighted by molar-refractivity contribution is 8.09. The van der Waals surface area contributed by atoms with Crippen molar-refractivity contribution in [2.45, 2.75) is 38.7 Å². The smallest absolute Gasteiger partial charge is 0.183 e. The average Bonchev–Trinajstić information content (AvgIpc) is 1.91. The van der Waals surface area contributed by atoms with Crippen LogP contribution in [0.1, 0.15) is 32.6 Å². The topological polar surface area (TPSA) is 29.5 Å². The standard InChI is InChI=1S/C8H17O2PS/c1-7-3-5-8(6-4-7)10-11(2,9)12/h7-8H,3-6H2,1-2H3,(H,9,12). The van der Waals surface area contributed by atoms with E-state index in [2.05, 4.69) is 6.92 Å². The summed E-state index contributed by atoms with van der Waals surface area (Å²) in [5.41, 5.74) is 0. The third-order valence-electron chi connectivity index (χ3n) is 2.31. The molecule has 0 spiro atoms. The van der Waals surface area contributed by atoms with Gasteiger partial charge in [0.2, 0.25) is 0 Å². The van der Waals surface area contributed by atoms with Crippen LogP contribution in [0.2, 0.25) is 0 Å². The largest absolute Gasteiger partial charge is 0.345 e. The first-order valence-corrected chi connectivity index (χ1v) is 7.58. The lowest BCUT2D eigenvalue weighted by atomic mass is 9.89. The van der Waals surface area contributed by atoms with E-state index in [1.54, 1.807) is 6.66 Å². The predicted octanol–water partition coefficient (Wildman–Crippen LogP) is 2.51. The van der Waals surface area contributed by atoms with Crippen molar-refractivity contribution in [1.82, 2.24) is 0 Å². The molecular weight excluding hydrogens is 191 g/mol. The van der Waals surface area contributed by atoms with Crippen LogP contribution in [-0.2, 0) is 16.3 Å². The molecule has 0 radical (unpaired) electrons. The minimum absolute atomic E-state index is 0.224. The Hall–Kier alpha value is 0.570. The van der Waals surface area contributed by atoms with E-state index in [9.17, 15) is 4.89 Å². The maximum Gasteiger partial charge on any atom is 0.183 e. The normalized spacial score (nSPS) is 35.9. The van der Waals surface area contributed by atoms with Gasteiger partial charge in [-0.15, -0.1) is 0 Å². The second-order valence-corrected chi connectivity index (χ2v) is 7.64. The summed E-state index contributed by atoms with van der Waals surface area (Å²) in [4.78, 5) is 9.34. The molecule has 1 saturated carbocycles. The highest BCUT2D eigenvalue weighted by Gasteiger charge is 2.21. The van der Waals surface area contributed by atoms with E-state index in [0.29, 0.717) is 0 Å². The maximum absolute atomic E-state index is 9.34. The van der Waals surface area contributed by atoms with Gasteiger partial charge in [-0.2, -0.15) is 0 Å². The van der Waals surface area contributed by atoms with Gasteiger partial charge in [-0.25, -0.2) is 0 Å². The fourth-order valence-corrected chi connectivity index (χ4v) is 2.74. The molecule has 1 rings (SSSR count). The van der Waals surface area contributed by atoms with Crippen molar-refractivity contribution in [3.05, 3.63) is 0 Å². The molecule has 0 saturated heterocycles. The molecule has 0 aromatic heterocycles. The van der Waals surface area contributed by atoms with Crippen LogP contribution in [0.25, 0.3) is 0 Å². The Labute approximate surface area is 79.5 Å². The fourth-order valence-electron chi connectivity index (χ4n) is 1.61. The zero-order valence-corrected chi connectivity index (χ0v) is 9.40. The summed E-state index contributed by atoms with van der Waals surface area (Å²) in [6, 6.07) is 0. The van der Waals surface area contributed by atoms with E-state index in [1.165, 1.54) is 12.8 Å². The molecule has 1 aliphatic carbocycles. The molecule has 1 atom stereocenters. The van der Waals surface area contributed by atoms with E-state index in [1.807, 2.05) is 0 Å². The third-order valence-corrected chi connectivity index (χ3v) is 3.26. The summed E-state index contributed by atoms with van der Waals surface area (Å²) in [5.74, 6) is 0.818. The van der Waals surface area contributed by atoms with Crippen molar-refractivity contribution < 1.29 is 9.42 Å². The van der Waals surface area contributed by atoms with Gasteiger partial charge in [0.15, 0.2) is 6.49 Å². The van der Waals surface area contributed by atoms with Crippen LogP contribution in [-0.4, -0.2) is 17.7 Å². The summed E-state index contributed by atoms with van der Waals surface area (Å²) >= 11 is 4.84. The molecule has 1 N–H and O–H groups in total. The zero-order valence-electron chi connectivity index (χ0n) is 7.69. The van der Waals surface area contributed by atoms with Crippen LogP contribution in [0, 0.1) is 5.92 Å². The third kappa shape index (κ3) is 3.99. The Balaban J connectivity index is 2.31. The Kier molecular flexibility index (Phi) is 3.72. The molecule has 0 aliphatic heterocycles. The summed E-state index contributed by atoms with van der Waals surface area (Å²) in [6.07, 6.45) is 4.77. The maximum atomic E-state index is 9.34. The first-order chi connectivity index (χ1) is 5.47. The lowest BCUT2D eigenvalue weighted by molar-refractivity contribution is 0.137. The van der Waals surface area contributed by atoms with Gasteiger partial charge in [0, 0.05) is 6.66 Å². The minimum atomic E-state index is -2.42. The van der Waals surface area contributed by atoms with Crippen LogP contribution in [0.4, 0.5) is 0 Å². The molecule has 2 nitrogen and oxygen atoms in total. The molecule has 1 fully saturated rings. The van der Waals surface area contributed by atoms with Crippen molar-refractivity contribution in [2.75, 3.05) is 6.66 Å². The predicted molar refractivity (Wildman–Crippen MR) is 54.9 cm³/mol. The highest BCUT2D eigenvalue weighted by Crippen LogP contribution is 2.42. The van der Waals surface area contributed by atoms with Crippen molar-refractivity contribution in [2.24, 2.45) is 5.92 Å². The van der Waals surface area contributed by atoms with Crippen LogP contribution < -0.4 is 0 Å². The van der Waals surface area contributed by atoms with Gasteiger partial charge in [0.25, 0.3) is 0 Å². The molecule has 0 aromatic rings. The van der Waals surface area contributed by atoms with Gasteiger partial charge in [-0.05, 0) is 43.4 Å². The zero-order chi connectivity index (χ0) is 9.19. The van der Waals surface area contributed by atoms with Crippen LogP contribution in [0.15, 0.2) is 0 Å². The van der Waals surface area contributed by atoms with Crippen LogP contribution >= 0.6 is 6.49 Å². The molecule has 0 heterocycles. The van der Waals surface area contributed by atoms with E-state index in [4.69, 9.17) is 16.3 Å². The fraction of sp³-hybridized carbons (Fsp3) is 1.00. The van der Waals surface area contributed by atoms with Gasteiger partial charge in [0.05, 0.1) is 6.10 Å². The van der Waals surface area contributed by atoms with Crippen LogP contribution in [0.3, 0.4) is 0 Å². The second-order valence-electron chi connectivity index (χ2n) is 3.79. The molecule has 1 unspecified atom stereocenters. The summed E-state index contributed by atoms with van der Waals surface area (Å²) in [7, 11) is 0. The lowest BCUT2D eigenvalue weighted by Gasteiger charge is -2.28. The van der Waals surface area contributed by atoms with Crippen molar-refractivity contribution in [1.29, 1.82) is 0 Å². The summed E-state index contributed by atoms with van der Waals surface area (Å²) in [5, 5.41) is 0. The Morgan fingerprint density at radius 2 is 1.83 bits per heavy atom. The first kappa shape index (κ1) is 10.6. The minimum Gasteiger partial charge on any atom is -0.345 e. The van der Waals surface area contributed by atoms with Gasteiger partial charge < -0.3 is 9.42 Å². The first-order valence-electron chi connectivity index (χ1n) is 4.46. The van der Waals surface area contributed by atoms with Crippen molar-refractivity contribution in [3.8, 4) is 0 Å². The summed E-state index contributed by atoms with van der Waals surface area (Å²) in [6.45, 7) is 1.47. The highest BCUT2D eigenvalue weighted by atomic mass is 32.5. The molecule has 0 amide bonds. The van der Waals surface area contributed by atoms with E-state index < -0.39 is 6.49 Å². The quantitative estimate of drug-likeness (QED) is 0.707. The monoisotopic (exact) mass is 208 g/mol. The second kappa shape index (κ2) is 4.19. The molecule has 0 bridgehead atoms. The van der Waals surface area contributed by atoms with Gasteiger partial charge in [0.1, 0.15) is 0 Å². The van der Waals surface area contributed by atoms with Crippen molar-refractivity contribution >= 4 is 18.3 Å². The molecule has 12 heavy (non-hydrogen) atoms. The van der Waals surface area contributed by atoms with Gasteiger partial charge in [-0.1, -0.05) is 6.92 Å². The van der Waals surface area contributed by atoms with E-state index in [0.717, 1.165) is 18.8 Å². The SMILES string of the molecule is CC1CCC(OP(C)(O)=S)CC1. The molecule has 1 aliphatic rings. The van der Waals surface area contributed by atoms with Gasteiger partial charge >= 0.3 is 0 Å². The average molecular weight is 208 g/mol. The number of hydrogen-bond donors (Lipinski definition) is 1. The van der Waals surface area contributed by atoms with Crippen LogP contribution in [0.5, 0.6) is 0 Å². The number of hydrogen-bond acceptors (Lipinski definition) is 2. The molecule has 0 aromatic carbocycles. The molecule has 72 valence electrons. The van der Waals surface area contributed by atoms with Crippen molar-refractivity contribution in [3.63, 3.8) is 0 Å².